The van der Waals surface area contributed by atoms with Crippen LogP contribution in [0, 0.1) is 0 Å². The largest absolute Gasteiger partial charge is 0.376 e. The summed E-state index contributed by atoms with van der Waals surface area (Å²) in [5, 5.41) is 0. The third-order valence-corrected chi connectivity index (χ3v) is 4.06. The predicted molar refractivity (Wildman–Crippen MR) is 90.1 cm³/mol. The third kappa shape index (κ3) is 5.47. The molecule has 0 aliphatic carbocycles. The molecule has 0 spiro atoms. The van der Waals surface area contributed by atoms with E-state index in [-0.39, 0.29) is 12.2 Å². The van der Waals surface area contributed by atoms with Crippen molar-refractivity contribution in [3.8, 4) is 0 Å². The summed E-state index contributed by atoms with van der Waals surface area (Å²) in [6, 6.07) is 20.5. The van der Waals surface area contributed by atoms with Crippen molar-refractivity contribution in [2.24, 2.45) is 0 Å². The summed E-state index contributed by atoms with van der Waals surface area (Å²) in [6.07, 6.45) is 2.26. The molecule has 0 bridgehead atoms. The molecule has 1 fully saturated rings. The molecule has 0 radical (unpaired) electrons. The quantitative estimate of drug-likeness (QED) is 0.774. The van der Waals surface area contributed by atoms with Gasteiger partial charge in [-0.2, -0.15) is 0 Å². The van der Waals surface area contributed by atoms with Crippen LogP contribution >= 0.6 is 0 Å². The average Bonchev–Trinajstić information content (AvgIpc) is 2.62. The van der Waals surface area contributed by atoms with Crippen molar-refractivity contribution in [2.75, 3.05) is 13.2 Å². The molecule has 0 aromatic heterocycles. The lowest BCUT2D eigenvalue weighted by atomic mass is 10.1. The van der Waals surface area contributed by atoms with Crippen LogP contribution in [0.2, 0.25) is 0 Å². The summed E-state index contributed by atoms with van der Waals surface area (Å²) >= 11 is 0. The van der Waals surface area contributed by atoms with Crippen molar-refractivity contribution >= 4 is 0 Å². The standard InChI is InChI=1S/C20H24O3/c1-3-7-17(8-4-1)14-21-16-20-13-19(11-12-22-20)23-15-18-9-5-2-6-10-18/h1-10,19-20H,11-16H2/t19-,20?/m1/s1. The summed E-state index contributed by atoms with van der Waals surface area (Å²) in [5.41, 5.74) is 2.41. The van der Waals surface area contributed by atoms with E-state index >= 15 is 0 Å². The van der Waals surface area contributed by atoms with Gasteiger partial charge in [0, 0.05) is 13.0 Å². The maximum atomic E-state index is 6.03. The van der Waals surface area contributed by atoms with Gasteiger partial charge in [-0.1, -0.05) is 60.7 Å². The predicted octanol–water partition coefficient (Wildman–Crippen LogP) is 3.97. The van der Waals surface area contributed by atoms with Gasteiger partial charge >= 0.3 is 0 Å². The molecule has 1 unspecified atom stereocenters. The summed E-state index contributed by atoms with van der Waals surface area (Å²) < 4.78 is 17.6. The Hall–Kier alpha value is -1.68. The zero-order valence-corrected chi connectivity index (χ0v) is 13.4. The van der Waals surface area contributed by atoms with Gasteiger partial charge in [0.1, 0.15) is 0 Å². The monoisotopic (exact) mass is 312 g/mol. The van der Waals surface area contributed by atoms with E-state index in [0.717, 1.165) is 19.4 Å². The fraction of sp³-hybridized carbons (Fsp3) is 0.400. The molecule has 1 saturated heterocycles. The van der Waals surface area contributed by atoms with E-state index in [9.17, 15) is 0 Å². The molecule has 0 amide bonds. The summed E-state index contributed by atoms with van der Waals surface area (Å²) in [6.45, 7) is 2.68. The van der Waals surface area contributed by atoms with Gasteiger partial charge in [-0.25, -0.2) is 0 Å². The molecule has 3 rings (SSSR count). The number of hydrogen-bond donors (Lipinski definition) is 0. The zero-order chi connectivity index (χ0) is 15.7. The Morgan fingerprint density at radius 1 is 0.870 bits per heavy atom. The van der Waals surface area contributed by atoms with Gasteiger partial charge in [-0.05, 0) is 17.5 Å². The lowest BCUT2D eigenvalue weighted by Crippen LogP contribution is -2.33. The lowest BCUT2D eigenvalue weighted by molar-refractivity contribution is -0.103. The highest BCUT2D eigenvalue weighted by molar-refractivity contribution is 5.14. The van der Waals surface area contributed by atoms with Crippen LogP contribution in [0.15, 0.2) is 60.7 Å². The fourth-order valence-electron chi connectivity index (χ4n) is 2.78. The first-order valence-electron chi connectivity index (χ1n) is 8.29. The molecule has 1 heterocycles. The second-order valence-electron chi connectivity index (χ2n) is 5.94. The number of hydrogen-bond acceptors (Lipinski definition) is 3. The van der Waals surface area contributed by atoms with E-state index in [1.807, 2.05) is 36.4 Å². The Bertz CT molecular complexity index is 556. The topological polar surface area (TPSA) is 27.7 Å². The molecule has 3 nitrogen and oxygen atoms in total. The molecule has 0 N–H and O–H groups in total. The molecule has 23 heavy (non-hydrogen) atoms. The van der Waals surface area contributed by atoms with Crippen LogP contribution in [-0.2, 0) is 27.4 Å². The van der Waals surface area contributed by atoms with E-state index in [1.54, 1.807) is 0 Å². The van der Waals surface area contributed by atoms with Crippen molar-refractivity contribution < 1.29 is 14.2 Å². The van der Waals surface area contributed by atoms with Crippen LogP contribution in [-0.4, -0.2) is 25.4 Å². The van der Waals surface area contributed by atoms with E-state index in [2.05, 4.69) is 24.3 Å². The zero-order valence-electron chi connectivity index (χ0n) is 13.4. The first kappa shape index (κ1) is 16.2. The number of benzene rings is 2. The van der Waals surface area contributed by atoms with Crippen LogP contribution in [0.25, 0.3) is 0 Å². The minimum atomic E-state index is 0.133. The first-order valence-corrected chi connectivity index (χ1v) is 8.29. The van der Waals surface area contributed by atoms with Gasteiger partial charge in [0.15, 0.2) is 0 Å². The molecule has 3 heteroatoms. The highest BCUT2D eigenvalue weighted by atomic mass is 16.5. The molecule has 0 saturated carbocycles. The highest BCUT2D eigenvalue weighted by Crippen LogP contribution is 2.19. The molecule has 1 aliphatic heterocycles. The highest BCUT2D eigenvalue weighted by Gasteiger charge is 2.23. The van der Waals surface area contributed by atoms with Gasteiger partial charge in [0.25, 0.3) is 0 Å². The smallest absolute Gasteiger partial charge is 0.0833 e. The van der Waals surface area contributed by atoms with Gasteiger partial charge in [0.05, 0.1) is 32.0 Å². The summed E-state index contributed by atoms with van der Waals surface area (Å²) in [7, 11) is 0. The SMILES string of the molecule is c1ccc(COCC2C[C@H](OCc3ccccc3)CCO2)cc1. The molecule has 1 aliphatic rings. The normalized spacial score (nSPS) is 21.2. The van der Waals surface area contributed by atoms with Crippen molar-refractivity contribution in [3.05, 3.63) is 71.8 Å². The van der Waals surface area contributed by atoms with Crippen molar-refractivity contribution in [1.82, 2.24) is 0 Å². The van der Waals surface area contributed by atoms with Crippen LogP contribution in [0.5, 0.6) is 0 Å². The maximum Gasteiger partial charge on any atom is 0.0833 e. The van der Waals surface area contributed by atoms with Gasteiger partial charge in [0.2, 0.25) is 0 Å². The maximum absolute atomic E-state index is 6.03. The van der Waals surface area contributed by atoms with Crippen LogP contribution in [0.4, 0.5) is 0 Å². The number of rotatable bonds is 7. The Kier molecular flexibility index (Phi) is 6.21. The van der Waals surface area contributed by atoms with Crippen molar-refractivity contribution in [3.63, 3.8) is 0 Å². The molecular weight excluding hydrogens is 288 g/mol. The molecule has 122 valence electrons. The molecule has 2 aromatic rings. The molecular formula is C20H24O3. The van der Waals surface area contributed by atoms with Crippen LogP contribution in [0.1, 0.15) is 24.0 Å². The van der Waals surface area contributed by atoms with Crippen molar-refractivity contribution in [2.45, 2.75) is 38.3 Å². The Balaban J connectivity index is 1.38. The minimum absolute atomic E-state index is 0.133. The Morgan fingerprint density at radius 3 is 2.22 bits per heavy atom. The molecule has 2 atom stereocenters. The fourth-order valence-corrected chi connectivity index (χ4v) is 2.78. The molecule has 2 aromatic carbocycles. The van der Waals surface area contributed by atoms with E-state index in [1.165, 1.54) is 11.1 Å². The van der Waals surface area contributed by atoms with Gasteiger partial charge < -0.3 is 14.2 Å². The van der Waals surface area contributed by atoms with Crippen LogP contribution in [0.3, 0.4) is 0 Å². The second-order valence-corrected chi connectivity index (χ2v) is 5.94. The summed E-state index contributed by atoms with van der Waals surface area (Å²) in [4.78, 5) is 0. The van der Waals surface area contributed by atoms with E-state index in [0.29, 0.717) is 19.8 Å². The van der Waals surface area contributed by atoms with E-state index in [4.69, 9.17) is 14.2 Å². The Morgan fingerprint density at radius 2 is 1.52 bits per heavy atom. The minimum Gasteiger partial charge on any atom is -0.376 e. The first-order chi connectivity index (χ1) is 11.4. The van der Waals surface area contributed by atoms with Gasteiger partial charge in [-0.3, -0.25) is 0 Å². The Labute approximate surface area is 138 Å². The summed E-state index contributed by atoms with van der Waals surface area (Å²) in [5.74, 6) is 0. The number of ether oxygens (including phenoxy) is 3. The average molecular weight is 312 g/mol. The van der Waals surface area contributed by atoms with Crippen LogP contribution < -0.4 is 0 Å². The lowest BCUT2D eigenvalue weighted by Gasteiger charge is -2.29. The van der Waals surface area contributed by atoms with E-state index < -0.39 is 0 Å². The van der Waals surface area contributed by atoms with Gasteiger partial charge in [-0.15, -0.1) is 0 Å². The van der Waals surface area contributed by atoms with Crippen molar-refractivity contribution in [1.29, 1.82) is 0 Å². The third-order valence-electron chi connectivity index (χ3n) is 4.06. The second kappa shape index (κ2) is 8.82.